The molecule has 5 heteroatoms. The van der Waals surface area contributed by atoms with Crippen molar-refractivity contribution in [1.29, 1.82) is 0 Å². The van der Waals surface area contributed by atoms with Gasteiger partial charge in [0.15, 0.2) is 0 Å². The number of hydrogen-bond acceptors (Lipinski definition) is 4. The molecule has 2 aromatic rings. The van der Waals surface area contributed by atoms with Crippen LogP contribution in [0.1, 0.15) is 16.5 Å². The van der Waals surface area contributed by atoms with Gasteiger partial charge < -0.3 is 5.73 Å². The Morgan fingerprint density at radius 2 is 2.20 bits per heavy atom. The summed E-state index contributed by atoms with van der Waals surface area (Å²) in [5, 5.41) is 0. The summed E-state index contributed by atoms with van der Waals surface area (Å²) in [4.78, 5) is 9.23. The summed E-state index contributed by atoms with van der Waals surface area (Å²) < 4.78 is 0.983. The summed E-state index contributed by atoms with van der Waals surface area (Å²) >= 11 is 4.97. The molecule has 0 aromatic carbocycles. The van der Waals surface area contributed by atoms with E-state index >= 15 is 0 Å². The molecule has 0 amide bonds. The summed E-state index contributed by atoms with van der Waals surface area (Å²) in [7, 11) is 0. The van der Waals surface area contributed by atoms with Crippen LogP contribution in [-0.2, 0) is 6.42 Å². The molecule has 0 saturated heterocycles. The maximum atomic E-state index is 6.05. The predicted octanol–water partition coefficient (Wildman–Crippen LogP) is 2.54. The van der Waals surface area contributed by atoms with Crippen LogP contribution in [-0.4, -0.2) is 9.97 Å². The van der Waals surface area contributed by atoms with Crippen molar-refractivity contribution in [3.05, 3.63) is 45.1 Å². The van der Waals surface area contributed by atoms with Gasteiger partial charge in [-0.25, -0.2) is 0 Å². The quantitative estimate of drug-likeness (QED) is 0.942. The van der Waals surface area contributed by atoms with Gasteiger partial charge in [0.2, 0.25) is 0 Å². The number of aromatic nitrogens is 2. The highest BCUT2D eigenvalue weighted by molar-refractivity contribution is 9.10. The zero-order valence-corrected chi connectivity index (χ0v) is 10.3. The van der Waals surface area contributed by atoms with Crippen LogP contribution in [0, 0.1) is 0 Å². The molecule has 78 valence electrons. The Kier molecular flexibility index (Phi) is 3.45. The molecule has 1 atom stereocenters. The highest BCUT2D eigenvalue weighted by Crippen LogP contribution is 2.20. The van der Waals surface area contributed by atoms with Gasteiger partial charge >= 0.3 is 0 Å². The average molecular weight is 284 g/mol. The fourth-order valence-electron chi connectivity index (χ4n) is 1.33. The van der Waals surface area contributed by atoms with E-state index in [4.69, 9.17) is 5.73 Å². The summed E-state index contributed by atoms with van der Waals surface area (Å²) in [6, 6.07) is 2.04. The van der Waals surface area contributed by atoms with Gasteiger partial charge in [0.1, 0.15) is 0 Å². The molecule has 15 heavy (non-hydrogen) atoms. The monoisotopic (exact) mass is 283 g/mol. The topological polar surface area (TPSA) is 51.8 Å². The molecule has 2 heterocycles. The third-order valence-corrected chi connectivity index (χ3v) is 3.38. The van der Waals surface area contributed by atoms with Gasteiger partial charge in [-0.3, -0.25) is 9.97 Å². The lowest BCUT2D eigenvalue weighted by molar-refractivity contribution is 0.731. The van der Waals surface area contributed by atoms with Gasteiger partial charge in [0.05, 0.1) is 5.51 Å². The van der Waals surface area contributed by atoms with E-state index in [1.54, 1.807) is 23.0 Å². The summed E-state index contributed by atoms with van der Waals surface area (Å²) in [6.07, 6.45) is 6.21. The highest BCUT2D eigenvalue weighted by atomic mass is 79.9. The zero-order chi connectivity index (χ0) is 10.7. The number of halogens is 1. The van der Waals surface area contributed by atoms with Gasteiger partial charge in [0, 0.05) is 34.0 Å². The van der Waals surface area contributed by atoms with Crippen molar-refractivity contribution >= 4 is 27.3 Å². The van der Waals surface area contributed by atoms with Crippen molar-refractivity contribution in [2.75, 3.05) is 0 Å². The molecule has 0 aliphatic carbocycles. The zero-order valence-electron chi connectivity index (χ0n) is 7.93. The van der Waals surface area contributed by atoms with E-state index in [1.165, 1.54) is 0 Å². The Hall–Kier alpha value is -0.780. The van der Waals surface area contributed by atoms with Crippen molar-refractivity contribution in [3.63, 3.8) is 0 Å². The molecule has 0 bridgehead atoms. The first-order chi connectivity index (χ1) is 7.25. The molecule has 1 unspecified atom stereocenters. The van der Waals surface area contributed by atoms with Crippen LogP contribution in [0.2, 0.25) is 0 Å². The third-order valence-electron chi connectivity index (χ3n) is 2.03. The SMILES string of the molecule is NC(Cc1cncc(Br)c1)c1cncs1. The first-order valence-electron chi connectivity index (χ1n) is 4.49. The maximum Gasteiger partial charge on any atom is 0.0794 e. The number of pyridine rings is 1. The molecule has 0 radical (unpaired) electrons. The molecule has 2 rings (SSSR count). The Morgan fingerprint density at radius 1 is 1.33 bits per heavy atom. The molecule has 2 N–H and O–H groups in total. The van der Waals surface area contributed by atoms with Crippen LogP contribution in [0.5, 0.6) is 0 Å². The molecule has 0 aliphatic rings. The Morgan fingerprint density at radius 3 is 2.87 bits per heavy atom. The van der Waals surface area contributed by atoms with Crippen LogP contribution in [0.4, 0.5) is 0 Å². The first kappa shape index (κ1) is 10.7. The first-order valence-corrected chi connectivity index (χ1v) is 6.16. The minimum Gasteiger partial charge on any atom is -0.323 e. The van der Waals surface area contributed by atoms with E-state index in [9.17, 15) is 0 Å². The fourth-order valence-corrected chi connectivity index (χ4v) is 2.37. The van der Waals surface area contributed by atoms with Gasteiger partial charge in [-0.05, 0) is 34.0 Å². The van der Waals surface area contributed by atoms with Gasteiger partial charge in [0.25, 0.3) is 0 Å². The van der Waals surface area contributed by atoms with E-state index in [0.717, 1.165) is 21.3 Å². The standard InChI is InChI=1S/C10H10BrN3S/c11-8-1-7(3-13-4-8)2-9(12)10-5-14-6-15-10/h1,3-6,9H,2,12H2. The third kappa shape index (κ3) is 2.84. The second-order valence-corrected chi connectivity index (χ2v) is 5.06. The number of nitrogens with two attached hydrogens (primary N) is 1. The van der Waals surface area contributed by atoms with Gasteiger partial charge in [-0.1, -0.05) is 0 Å². The van der Waals surface area contributed by atoms with E-state index in [-0.39, 0.29) is 6.04 Å². The molecule has 0 saturated carbocycles. The summed E-state index contributed by atoms with van der Waals surface area (Å²) in [5.74, 6) is 0. The second-order valence-electron chi connectivity index (χ2n) is 3.23. The second kappa shape index (κ2) is 4.83. The van der Waals surface area contributed by atoms with E-state index in [1.807, 2.05) is 18.5 Å². The molecule has 0 aliphatic heterocycles. The number of rotatable bonds is 3. The van der Waals surface area contributed by atoms with Crippen LogP contribution in [0.25, 0.3) is 0 Å². The van der Waals surface area contributed by atoms with Gasteiger partial charge in [-0.2, -0.15) is 0 Å². The smallest absolute Gasteiger partial charge is 0.0794 e. The molecular formula is C10H10BrN3S. The predicted molar refractivity (Wildman–Crippen MR) is 64.7 cm³/mol. The van der Waals surface area contributed by atoms with E-state index in [0.29, 0.717) is 0 Å². The maximum absolute atomic E-state index is 6.05. The number of nitrogens with zero attached hydrogens (tertiary/aromatic N) is 2. The Bertz CT molecular complexity index is 430. The minimum atomic E-state index is 0.00796. The number of thiazole rings is 1. The van der Waals surface area contributed by atoms with Crippen molar-refractivity contribution in [1.82, 2.24) is 9.97 Å². The summed E-state index contributed by atoms with van der Waals surface area (Å²) in [5.41, 5.74) is 8.98. The molecular weight excluding hydrogens is 274 g/mol. The van der Waals surface area contributed by atoms with Crippen LogP contribution in [0.3, 0.4) is 0 Å². The highest BCUT2D eigenvalue weighted by Gasteiger charge is 2.08. The summed E-state index contributed by atoms with van der Waals surface area (Å²) in [6.45, 7) is 0. The Balaban J connectivity index is 2.09. The van der Waals surface area contributed by atoms with Crippen LogP contribution in [0.15, 0.2) is 34.6 Å². The van der Waals surface area contributed by atoms with Crippen molar-refractivity contribution in [2.45, 2.75) is 12.5 Å². The lowest BCUT2D eigenvalue weighted by atomic mass is 10.1. The molecule has 0 spiro atoms. The number of hydrogen-bond donors (Lipinski definition) is 1. The lowest BCUT2D eigenvalue weighted by Gasteiger charge is -2.08. The average Bonchev–Trinajstić information content (AvgIpc) is 2.70. The molecule has 2 aromatic heterocycles. The molecule has 0 fully saturated rings. The van der Waals surface area contributed by atoms with Crippen LogP contribution >= 0.6 is 27.3 Å². The normalized spacial score (nSPS) is 12.7. The minimum absolute atomic E-state index is 0.00796. The van der Waals surface area contributed by atoms with Crippen molar-refractivity contribution in [2.24, 2.45) is 5.73 Å². The van der Waals surface area contributed by atoms with Gasteiger partial charge in [-0.15, -0.1) is 11.3 Å². The van der Waals surface area contributed by atoms with Crippen LogP contribution < -0.4 is 5.73 Å². The van der Waals surface area contributed by atoms with E-state index < -0.39 is 0 Å². The molecule has 3 nitrogen and oxygen atoms in total. The van der Waals surface area contributed by atoms with E-state index in [2.05, 4.69) is 25.9 Å². The fraction of sp³-hybridized carbons (Fsp3) is 0.200. The Labute approximate surface area is 101 Å². The van der Waals surface area contributed by atoms with Crippen molar-refractivity contribution < 1.29 is 0 Å². The van der Waals surface area contributed by atoms with Crippen molar-refractivity contribution in [3.8, 4) is 0 Å². The largest absolute Gasteiger partial charge is 0.323 e. The lowest BCUT2D eigenvalue weighted by Crippen LogP contribution is -2.11.